The van der Waals surface area contributed by atoms with Crippen LogP contribution in [0.4, 0.5) is 4.79 Å². The van der Waals surface area contributed by atoms with Crippen LogP contribution in [0.2, 0.25) is 0 Å². The summed E-state index contributed by atoms with van der Waals surface area (Å²) in [4.78, 5) is 10.9. The van der Waals surface area contributed by atoms with Crippen molar-refractivity contribution in [3.8, 4) is 0 Å². The Morgan fingerprint density at radius 3 is 2.42 bits per heavy atom. The first kappa shape index (κ1) is 11.0. The van der Waals surface area contributed by atoms with Gasteiger partial charge in [0.25, 0.3) is 0 Å². The van der Waals surface area contributed by atoms with Crippen LogP contribution in [-0.4, -0.2) is 12.6 Å². The van der Waals surface area contributed by atoms with Gasteiger partial charge in [-0.05, 0) is 12.3 Å². The monoisotopic (exact) mass is 170 g/mol. The van der Waals surface area contributed by atoms with E-state index in [-0.39, 0.29) is 11.4 Å². The molecule has 3 nitrogen and oxygen atoms in total. The van der Waals surface area contributed by atoms with Gasteiger partial charge in [0.2, 0.25) is 0 Å². The van der Waals surface area contributed by atoms with Crippen LogP contribution in [0.5, 0.6) is 0 Å². The molecule has 0 aromatic carbocycles. The molecule has 3 heteroatoms. The van der Waals surface area contributed by atoms with Crippen molar-refractivity contribution < 1.29 is 4.79 Å². The Morgan fingerprint density at radius 1 is 1.42 bits per heavy atom. The predicted molar refractivity (Wildman–Crippen MR) is 50.8 cm³/mol. The molecule has 0 aliphatic carbocycles. The standard InChI is InChI=1S/C9H18N2O/c1-5-10-8(12)11-7-6-9(2,3)4/h6-7H,5H2,1-4H3,(H2,10,11,12)/b7-6+. The lowest BCUT2D eigenvalue weighted by atomic mass is 9.97. The highest BCUT2D eigenvalue weighted by atomic mass is 16.2. The van der Waals surface area contributed by atoms with Crippen LogP contribution >= 0.6 is 0 Å². The Labute approximate surface area is 74.2 Å². The molecule has 0 aromatic rings. The summed E-state index contributed by atoms with van der Waals surface area (Å²) in [7, 11) is 0. The topological polar surface area (TPSA) is 41.1 Å². The van der Waals surface area contributed by atoms with Gasteiger partial charge in [-0.15, -0.1) is 0 Å². The van der Waals surface area contributed by atoms with E-state index >= 15 is 0 Å². The van der Waals surface area contributed by atoms with E-state index in [0.29, 0.717) is 6.54 Å². The second-order valence-electron chi connectivity index (χ2n) is 3.70. The number of carbonyl (C=O) groups is 1. The van der Waals surface area contributed by atoms with Gasteiger partial charge in [0, 0.05) is 12.7 Å². The highest BCUT2D eigenvalue weighted by Crippen LogP contribution is 2.13. The molecule has 12 heavy (non-hydrogen) atoms. The van der Waals surface area contributed by atoms with Crippen LogP contribution < -0.4 is 10.6 Å². The first-order chi connectivity index (χ1) is 5.45. The maximum atomic E-state index is 10.9. The summed E-state index contributed by atoms with van der Waals surface area (Å²) in [5.74, 6) is 0. The van der Waals surface area contributed by atoms with Gasteiger partial charge in [0.05, 0.1) is 0 Å². The molecule has 0 atom stereocenters. The number of allylic oxidation sites excluding steroid dienone is 1. The third-order valence-corrected chi connectivity index (χ3v) is 1.14. The molecule has 0 heterocycles. The van der Waals surface area contributed by atoms with E-state index in [1.165, 1.54) is 0 Å². The number of nitrogens with one attached hydrogen (secondary N) is 2. The highest BCUT2D eigenvalue weighted by molar-refractivity contribution is 5.74. The van der Waals surface area contributed by atoms with E-state index in [1.807, 2.05) is 13.0 Å². The minimum atomic E-state index is -0.155. The fraction of sp³-hybridized carbons (Fsp3) is 0.667. The minimum Gasteiger partial charge on any atom is -0.338 e. The zero-order valence-electron chi connectivity index (χ0n) is 8.27. The molecule has 0 saturated heterocycles. The molecule has 0 saturated carbocycles. The maximum absolute atomic E-state index is 10.9. The first-order valence-electron chi connectivity index (χ1n) is 4.18. The van der Waals surface area contributed by atoms with Crippen molar-refractivity contribution in [2.45, 2.75) is 27.7 Å². The van der Waals surface area contributed by atoms with Crippen LogP contribution in [-0.2, 0) is 0 Å². The second kappa shape index (κ2) is 4.80. The maximum Gasteiger partial charge on any atom is 0.318 e. The molecule has 0 aliphatic heterocycles. The molecule has 70 valence electrons. The molecular formula is C9H18N2O. The van der Waals surface area contributed by atoms with Gasteiger partial charge in [-0.25, -0.2) is 4.79 Å². The van der Waals surface area contributed by atoms with E-state index in [2.05, 4.69) is 31.4 Å². The van der Waals surface area contributed by atoms with Crippen molar-refractivity contribution in [1.29, 1.82) is 0 Å². The molecule has 0 bridgehead atoms. The van der Waals surface area contributed by atoms with Gasteiger partial charge in [-0.1, -0.05) is 26.8 Å². The fourth-order valence-electron chi connectivity index (χ4n) is 0.579. The molecule has 0 radical (unpaired) electrons. The van der Waals surface area contributed by atoms with E-state index in [0.717, 1.165) is 0 Å². The molecular weight excluding hydrogens is 152 g/mol. The fourth-order valence-corrected chi connectivity index (χ4v) is 0.579. The van der Waals surface area contributed by atoms with Crippen molar-refractivity contribution in [2.24, 2.45) is 5.41 Å². The van der Waals surface area contributed by atoms with E-state index in [4.69, 9.17) is 0 Å². The van der Waals surface area contributed by atoms with Gasteiger partial charge in [0.1, 0.15) is 0 Å². The normalized spacial score (nSPS) is 11.7. The number of amides is 2. The number of urea groups is 1. The average molecular weight is 170 g/mol. The predicted octanol–water partition coefficient (Wildman–Crippen LogP) is 1.87. The highest BCUT2D eigenvalue weighted by Gasteiger charge is 2.03. The summed E-state index contributed by atoms with van der Waals surface area (Å²) in [6, 6.07) is -0.155. The first-order valence-corrected chi connectivity index (χ1v) is 4.18. The lowest BCUT2D eigenvalue weighted by Crippen LogP contribution is -2.31. The lowest BCUT2D eigenvalue weighted by Gasteiger charge is -2.11. The van der Waals surface area contributed by atoms with Gasteiger partial charge < -0.3 is 10.6 Å². The SMILES string of the molecule is CCNC(=O)N/C=C/C(C)(C)C. The van der Waals surface area contributed by atoms with E-state index < -0.39 is 0 Å². The van der Waals surface area contributed by atoms with Crippen LogP contribution in [0, 0.1) is 5.41 Å². The summed E-state index contributed by atoms with van der Waals surface area (Å²) >= 11 is 0. The third kappa shape index (κ3) is 7.12. The van der Waals surface area contributed by atoms with Gasteiger partial charge in [-0.2, -0.15) is 0 Å². The molecule has 2 N–H and O–H groups in total. The Bertz CT molecular complexity index is 168. The van der Waals surface area contributed by atoms with Crippen LogP contribution in [0.1, 0.15) is 27.7 Å². The Kier molecular flexibility index (Phi) is 4.40. The molecule has 0 aliphatic rings. The summed E-state index contributed by atoms with van der Waals surface area (Å²) in [6.45, 7) is 8.75. The van der Waals surface area contributed by atoms with E-state index in [9.17, 15) is 4.79 Å². The zero-order valence-corrected chi connectivity index (χ0v) is 8.27. The van der Waals surface area contributed by atoms with Crippen molar-refractivity contribution in [2.75, 3.05) is 6.54 Å². The number of hydrogen-bond acceptors (Lipinski definition) is 1. The molecule has 0 rings (SSSR count). The molecule has 0 spiro atoms. The molecule has 0 aromatic heterocycles. The minimum absolute atomic E-state index is 0.111. The van der Waals surface area contributed by atoms with Gasteiger partial charge in [0.15, 0.2) is 0 Å². The van der Waals surface area contributed by atoms with Gasteiger partial charge in [-0.3, -0.25) is 0 Å². The summed E-state index contributed by atoms with van der Waals surface area (Å²) in [6.07, 6.45) is 3.62. The summed E-state index contributed by atoms with van der Waals surface area (Å²) in [5, 5.41) is 5.24. The molecule has 0 unspecified atom stereocenters. The summed E-state index contributed by atoms with van der Waals surface area (Å²) in [5.41, 5.74) is 0.111. The van der Waals surface area contributed by atoms with Gasteiger partial charge >= 0.3 is 6.03 Å². The van der Waals surface area contributed by atoms with Crippen molar-refractivity contribution >= 4 is 6.03 Å². The summed E-state index contributed by atoms with van der Waals surface area (Å²) < 4.78 is 0. The average Bonchev–Trinajstić information content (AvgIpc) is 1.84. The number of carbonyl (C=O) groups excluding carboxylic acids is 1. The Morgan fingerprint density at radius 2 is 2.00 bits per heavy atom. The largest absolute Gasteiger partial charge is 0.338 e. The second-order valence-corrected chi connectivity index (χ2v) is 3.70. The van der Waals surface area contributed by atoms with Crippen molar-refractivity contribution in [3.63, 3.8) is 0 Å². The van der Waals surface area contributed by atoms with Crippen LogP contribution in [0.3, 0.4) is 0 Å². The molecule has 0 fully saturated rings. The van der Waals surface area contributed by atoms with E-state index in [1.54, 1.807) is 6.20 Å². The quantitative estimate of drug-likeness (QED) is 0.652. The lowest BCUT2D eigenvalue weighted by molar-refractivity contribution is 0.244. The number of rotatable bonds is 2. The van der Waals surface area contributed by atoms with Crippen LogP contribution in [0.15, 0.2) is 12.3 Å². The Hall–Kier alpha value is -0.990. The third-order valence-electron chi connectivity index (χ3n) is 1.14. The zero-order chi connectivity index (χ0) is 9.61. The van der Waals surface area contributed by atoms with Crippen LogP contribution in [0.25, 0.3) is 0 Å². The smallest absolute Gasteiger partial charge is 0.318 e. The molecule has 2 amide bonds. The van der Waals surface area contributed by atoms with Crippen molar-refractivity contribution in [1.82, 2.24) is 10.6 Å². The van der Waals surface area contributed by atoms with Crippen molar-refractivity contribution in [3.05, 3.63) is 12.3 Å². The number of hydrogen-bond donors (Lipinski definition) is 2. The Balaban J connectivity index is 3.68.